The van der Waals surface area contributed by atoms with Crippen molar-refractivity contribution in [1.82, 2.24) is 19.6 Å². The van der Waals surface area contributed by atoms with E-state index in [2.05, 4.69) is 15.3 Å². The lowest BCUT2D eigenvalue weighted by Crippen LogP contribution is -2.40. The average Bonchev–Trinajstić information content (AvgIpc) is 3.15. The van der Waals surface area contributed by atoms with Crippen molar-refractivity contribution in [2.75, 3.05) is 13.1 Å². The van der Waals surface area contributed by atoms with Crippen molar-refractivity contribution in [3.63, 3.8) is 0 Å². The van der Waals surface area contributed by atoms with Crippen LogP contribution in [0.1, 0.15) is 16.2 Å². The molecule has 1 aliphatic heterocycles. The Morgan fingerprint density at radius 3 is 2.63 bits per heavy atom. The molecule has 0 aliphatic carbocycles. The van der Waals surface area contributed by atoms with Crippen LogP contribution in [0, 0.1) is 0 Å². The highest BCUT2D eigenvalue weighted by atomic mass is 32.2. The van der Waals surface area contributed by atoms with Gasteiger partial charge < -0.3 is 10.3 Å². The number of benzene rings is 2. The average molecular weight is 384 g/mol. The van der Waals surface area contributed by atoms with Crippen molar-refractivity contribution in [2.24, 2.45) is 0 Å². The number of carbonyl (C=O) groups excluding carboxylic acids is 2. The SMILES string of the molecule is O=C(CN1C(=O)c2ccccc2S1(=O)=O)NCCc1nc2ccccc2[nH]1. The number of para-hydroxylation sites is 2. The van der Waals surface area contributed by atoms with E-state index in [1.165, 1.54) is 12.1 Å². The molecule has 0 fully saturated rings. The molecular weight excluding hydrogens is 368 g/mol. The van der Waals surface area contributed by atoms with Gasteiger partial charge in [-0.2, -0.15) is 0 Å². The summed E-state index contributed by atoms with van der Waals surface area (Å²) in [5.41, 5.74) is 1.84. The molecule has 0 radical (unpaired) electrons. The van der Waals surface area contributed by atoms with Gasteiger partial charge in [-0.25, -0.2) is 17.7 Å². The largest absolute Gasteiger partial charge is 0.354 e. The second kappa shape index (κ2) is 6.51. The van der Waals surface area contributed by atoms with Crippen LogP contribution in [-0.4, -0.2) is 47.6 Å². The second-order valence-corrected chi connectivity index (χ2v) is 7.94. The number of fused-ring (bicyclic) bond motifs is 2. The molecule has 1 aliphatic rings. The van der Waals surface area contributed by atoms with E-state index in [1.54, 1.807) is 12.1 Å². The fourth-order valence-corrected chi connectivity index (χ4v) is 4.54. The lowest BCUT2D eigenvalue weighted by molar-refractivity contribution is -0.121. The van der Waals surface area contributed by atoms with E-state index in [0.29, 0.717) is 16.6 Å². The standard InChI is InChI=1S/C18H16N4O4S/c23-17(19-10-9-16-20-13-6-2-3-7-14(13)21-16)11-22-18(24)12-5-1-4-8-15(12)27(22,25)26/h1-8H,9-11H2,(H,19,23)(H,20,21). The highest BCUT2D eigenvalue weighted by molar-refractivity contribution is 7.90. The van der Waals surface area contributed by atoms with Crippen molar-refractivity contribution in [3.05, 3.63) is 59.9 Å². The van der Waals surface area contributed by atoms with E-state index in [1.807, 2.05) is 24.3 Å². The second-order valence-electron chi connectivity index (χ2n) is 6.11. The number of nitrogens with one attached hydrogen (secondary N) is 2. The molecule has 9 heteroatoms. The molecule has 2 aromatic carbocycles. The van der Waals surface area contributed by atoms with Crippen LogP contribution in [0.15, 0.2) is 53.4 Å². The van der Waals surface area contributed by atoms with Crippen molar-refractivity contribution < 1.29 is 18.0 Å². The maximum absolute atomic E-state index is 12.4. The molecule has 2 N–H and O–H groups in total. The number of nitrogens with zero attached hydrogens (tertiary/aromatic N) is 2. The van der Waals surface area contributed by atoms with Gasteiger partial charge >= 0.3 is 0 Å². The molecular formula is C18H16N4O4S. The summed E-state index contributed by atoms with van der Waals surface area (Å²) in [6.07, 6.45) is 0.460. The Morgan fingerprint density at radius 2 is 1.85 bits per heavy atom. The van der Waals surface area contributed by atoms with Crippen LogP contribution in [0.4, 0.5) is 0 Å². The summed E-state index contributed by atoms with van der Waals surface area (Å²) in [5.74, 6) is -0.511. The van der Waals surface area contributed by atoms with E-state index in [4.69, 9.17) is 0 Å². The zero-order chi connectivity index (χ0) is 19.0. The minimum absolute atomic E-state index is 0.0647. The minimum Gasteiger partial charge on any atom is -0.354 e. The van der Waals surface area contributed by atoms with Gasteiger partial charge in [-0.3, -0.25) is 9.59 Å². The molecule has 2 amide bonds. The number of aromatic nitrogens is 2. The number of hydrogen-bond donors (Lipinski definition) is 2. The first kappa shape index (κ1) is 17.2. The number of amides is 2. The van der Waals surface area contributed by atoms with Crippen LogP contribution >= 0.6 is 0 Å². The quantitative estimate of drug-likeness (QED) is 0.683. The van der Waals surface area contributed by atoms with Crippen molar-refractivity contribution in [3.8, 4) is 0 Å². The molecule has 3 aromatic rings. The third-order valence-electron chi connectivity index (χ3n) is 4.32. The third-order valence-corrected chi connectivity index (χ3v) is 6.11. The molecule has 0 saturated carbocycles. The number of carbonyl (C=O) groups is 2. The highest BCUT2D eigenvalue weighted by Gasteiger charge is 2.41. The lowest BCUT2D eigenvalue weighted by Gasteiger charge is -2.14. The molecule has 1 aromatic heterocycles. The molecule has 0 unspecified atom stereocenters. The molecule has 27 heavy (non-hydrogen) atoms. The number of H-pyrrole nitrogens is 1. The Morgan fingerprint density at radius 1 is 1.11 bits per heavy atom. The number of hydrogen-bond acceptors (Lipinski definition) is 5. The predicted octanol–water partition coefficient (Wildman–Crippen LogP) is 1.07. The molecule has 138 valence electrons. The van der Waals surface area contributed by atoms with Crippen molar-refractivity contribution in [1.29, 1.82) is 0 Å². The third kappa shape index (κ3) is 3.06. The van der Waals surface area contributed by atoms with Gasteiger partial charge in [0.25, 0.3) is 15.9 Å². The highest BCUT2D eigenvalue weighted by Crippen LogP contribution is 2.29. The molecule has 8 nitrogen and oxygen atoms in total. The normalized spacial score (nSPS) is 15.1. The van der Waals surface area contributed by atoms with E-state index in [9.17, 15) is 18.0 Å². The zero-order valence-electron chi connectivity index (χ0n) is 14.2. The predicted molar refractivity (Wildman–Crippen MR) is 97.5 cm³/mol. The molecule has 0 bridgehead atoms. The van der Waals surface area contributed by atoms with Gasteiger partial charge in [0.05, 0.1) is 16.6 Å². The summed E-state index contributed by atoms with van der Waals surface area (Å²) in [7, 11) is -3.98. The van der Waals surface area contributed by atoms with Crippen LogP contribution in [0.5, 0.6) is 0 Å². The molecule has 0 saturated heterocycles. The summed E-state index contributed by atoms with van der Waals surface area (Å²) in [5, 5.41) is 2.63. The molecule has 0 spiro atoms. The van der Waals surface area contributed by atoms with E-state index < -0.39 is 28.4 Å². The number of aromatic amines is 1. The van der Waals surface area contributed by atoms with Gasteiger partial charge in [-0.05, 0) is 24.3 Å². The van der Waals surface area contributed by atoms with Gasteiger partial charge in [-0.1, -0.05) is 24.3 Å². The molecule has 4 rings (SSSR count). The fraction of sp³-hybridized carbons (Fsp3) is 0.167. The topological polar surface area (TPSA) is 112 Å². The first-order chi connectivity index (χ1) is 13.0. The van der Waals surface area contributed by atoms with Gasteiger partial charge in [0.2, 0.25) is 5.91 Å². The number of sulfonamides is 1. The first-order valence-electron chi connectivity index (χ1n) is 8.33. The summed E-state index contributed by atoms with van der Waals surface area (Å²) in [6, 6.07) is 13.5. The minimum atomic E-state index is -3.98. The monoisotopic (exact) mass is 384 g/mol. The van der Waals surface area contributed by atoms with Gasteiger partial charge in [0, 0.05) is 13.0 Å². The Balaban J connectivity index is 1.38. The van der Waals surface area contributed by atoms with Gasteiger partial charge in [0.1, 0.15) is 17.3 Å². The van der Waals surface area contributed by atoms with E-state index in [-0.39, 0.29) is 17.0 Å². The summed E-state index contributed by atoms with van der Waals surface area (Å²) in [6.45, 7) is -0.274. The van der Waals surface area contributed by atoms with Crippen molar-refractivity contribution >= 4 is 32.9 Å². The smallest absolute Gasteiger partial charge is 0.269 e. The maximum atomic E-state index is 12.4. The first-order valence-corrected chi connectivity index (χ1v) is 9.77. The lowest BCUT2D eigenvalue weighted by atomic mass is 10.2. The zero-order valence-corrected chi connectivity index (χ0v) is 15.0. The Bertz CT molecular complexity index is 1120. The number of imidazole rings is 1. The summed E-state index contributed by atoms with van der Waals surface area (Å²) >= 11 is 0. The van der Waals surface area contributed by atoms with Crippen LogP contribution in [0.25, 0.3) is 11.0 Å². The van der Waals surface area contributed by atoms with E-state index >= 15 is 0 Å². The van der Waals surface area contributed by atoms with Crippen LogP contribution in [-0.2, 0) is 21.2 Å². The number of rotatable bonds is 5. The molecule has 0 atom stereocenters. The summed E-state index contributed by atoms with van der Waals surface area (Å²) < 4.78 is 25.5. The Kier molecular flexibility index (Phi) is 4.15. The Hall–Kier alpha value is -3.20. The molecule has 2 heterocycles. The van der Waals surface area contributed by atoms with E-state index in [0.717, 1.165) is 11.0 Å². The fourth-order valence-electron chi connectivity index (χ4n) is 3.02. The summed E-state index contributed by atoms with van der Waals surface area (Å²) in [4.78, 5) is 31.9. The van der Waals surface area contributed by atoms with Gasteiger partial charge in [-0.15, -0.1) is 0 Å². The van der Waals surface area contributed by atoms with Crippen LogP contribution < -0.4 is 5.32 Å². The Labute approximate surface area is 155 Å². The van der Waals surface area contributed by atoms with Crippen LogP contribution in [0.3, 0.4) is 0 Å². The van der Waals surface area contributed by atoms with Gasteiger partial charge in [0.15, 0.2) is 0 Å². The van der Waals surface area contributed by atoms with Crippen molar-refractivity contribution in [2.45, 2.75) is 11.3 Å². The maximum Gasteiger partial charge on any atom is 0.269 e. The van der Waals surface area contributed by atoms with Crippen LogP contribution in [0.2, 0.25) is 0 Å².